The van der Waals surface area contributed by atoms with Gasteiger partial charge in [-0.15, -0.1) is 10.2 Å². The van der Waals surface area contributed by atoms with Crippen molar-refractivity contribution >= 4 is 21.4 Å². The molecule has 0 unspecified atom stereocenters. The predicted molar refractivity (Wildman–Crippen MR) is 70.8 cm³/mol. The third kappa shape index (κ3) is 3.29. The molecule has 0 amide bonds. The van der Waals surface area contributed by atoms with E-state index in [0.717, 1.165) is 12.1 Å². The van der Waals surface area contributed by atoms with E-state index in [1.807, 2.05) is 0 Å². The molecule has 0 saturated heterocycles. The summed E-state index contributed by atoms with van der Waals surface area (Å²) in [6, 6.07) is 3.45. The lowest BCUT2D eigenvalue weighted by molar-refractivity contribution is -0.384. The number of nitro groups is 1. The predicted octanol–water partition coefficient (Wildman–Crippen LogP) is -0.372. The van der Waals surface area contributed by atoms with Crippen LogP contribution in [0, 0.1) is 10.1 Å². The normalized spacial score (nSPS) is 11.3. The molecule has 0 aliphatic heterocycles. The average Bonchev–Trinajstić information content (AvgIpc) is 2.97. The molecule has 0 saturated carbocycles. The van der Waals surface area contributed by atoms with E-state index >= 15 is 0 Å². The Morgan fingerprint density at radius 2 is 2.19 bits per heavy atom. The van der Waals surface area contributed by atoms with Crippen LogP contribution >= 0.6 is 0 Å². The van der Waals surface area contributed by atoms with Crippen LogP contribution in [0.15, 0.2) is 23.1 Å². The fourth-order valence-electron chi connectivity index (χ4n) is 1.54. The number of nitro benzene ring substituents is 1. The summed E-state index contributed by atoms with van der Waals surface area (Å²) in [7, 11) is -2.38. The first-order chi connectivity index (χ1) is 9.94. The molecule has 1 aromatic carbocycles. The van der Waals surface area contributed by atoms with Crippen LogP contribution in [-0.4, -0.2) is 41.0 Å². The Bertz CT molecular complexity index is 743. The van der Waals surface area contributed by atoms with Gasteiger partial charge in [-0.25, -0.2) is 13.1 Å². The number of aromatic amines is 1. The Hall–Kier alpha value is -2.60. The molecular weight excluding hydrogens is 302 g/mol. The van der Waals surface area contributed by atoms with Gasteiger partial charge in [-0.1, -0.05) is 5.21 Å². The highest BCUT2D eigenvalue weighted by molar-refractivity contribution is 7.89. The molecule has 0 aliphatic rings. The van der Waals surface area contributed by atoms with Gasteiger partial charge in [0.25, 0.3) is 5.69 Å². The Labute approximate surface area is 119 Å². The van der Waals surface area contributed by atoms with Crippen molar-refractivity contribution in [3.05, 3.63) is 34.1 Å². The number of hydrogen-bond acceptors (Lipinski definition) is 8. The molecule has 3 N–H and O–H groups in total. The SMILES string of the molecule is CNc1cc(S(=O)(=O)NCc2nn[nH]n2)ccc1[N+](=O)[O-]. The topological polar surface area (TPSA) is 156 Å². The lowest BCUT2D eigenvalue weighted by atomic mass is 10.3. The smallest absolute Gasteiger partial charge is 0.292 e. The fourth-order valence-corrected chi connectivity index (χ4v) is 2.55. The monoisotopic (exact) mass is 313 g/mol. The second kappa shape index (κ2) is 5.80. The zero-order valence-electron chi connectivity index (χ0n) is 10.8. The summed E-state index contributed by atoms with van der Waals surface area (Å²) in [5.41, 5.74) is -0.114. The van der Waals surface area contributed by atoms with Crippen LogP contribution in [0.2, 0.25) is 0 Å². The Morgan fingerprint density at radius 1 is 1.43 bits per heavy atom. The molecule has 112 valence electrons. The van der Waals surface area contributed by atoms with Gasteiger partial charge in [0.2, 0.25) is 10.0 Å². The number of hydrogen-bond donors (Lipinski definition) is 3. The quantitative estimate of drug-likeness (QED) is 0.481. The maximum absolute atomic E-state index is 12.1. The molecule has 21 heavy (non-hydrogen) atoms. The van der Waals surface area contributed by atoms with E-state index < -0.39 is 14.9 Å². The molecule has 11 nitrogen and oxygen atoms in total. The molecule has 0 atom stereocenters. The van der Waals surface area contributed by atoms with E-state index in [9.17, 15) is 18.5 Å². The summed E-state index contributed by atoms with van der Waals surface area (Å²) in [5, 5.41) is 26.1. The lowest BCUT2D eigenvalue weighted by Gasteiger charge is -2.07. The second-order valence-corrected chi connectivity index (χ2v) is 5.61. The summed E-state index contributed by atoms with van der Waals surface area (Å²) in [4.78, 5) is 10.1. The van der Waals surface area contributed by atoms with Gasteiger partial charge < -0.3 is 5.32 Å². The molecule has 2 rings (SSSR count). The highest BCUT2D eigenvalue weighted by Crippen LogP contribution is 2.26. The van der Waals surface area contributed by atoms with E-state index in [2.05, 4.69) is 30.7 Å². The zero-order chi connectivity index (χ0) is 15.5. The van der Waals surface area contributed by atoms with E-state index in [4.69, 9.17) is 0 Å². The molecule has 1 heterocycles. The van der Waals surface area contributed by atoms with Crippen molar-refractivity contribution < 1.29 is 13.3 Å². The van der Waals surface area contributed by atoms with Gasteiger partial charge in [0.15, 0.2) is 5.82 Å². The highest BCUT2D eigenvalue weighted by atomic mass is 32.2. The van der Waals surface area contributed by atoms with E-state index in [0.29, 0.717) is 0 Å². The van der Waals surface area contributed by atoms with Gasteiger partial charge >= 0.3 is 0 Å². The third-order valence-corrected chi connectivity index (χ3v) is 3.95. The molecule has 2 aromatic rings. The van der Waals surface area contributed by atoms with Gasteiger partial charge in [0.1, 0.15) is 5.69 Å². The first-order valence-electron chi connectivity index (χ1n) is 5.62. The van der Waals surface area contributed by atoms with Crippen LogP contribution in [0.1, 0.15) is 5.82 Å². The molecule has 1 aromatic heterocycles. The van der Waals surface area contributed by atoms with Crippen molar-refractivity contribution in [3.8, 4) is 0 Å². The second-order valence-electron chi connectivity index (χ2n) is 3.84. The average molecular weight is 313 g/mol. The van der Waals surface area contributed by atoms with Crippen LogP contribution in [0.4, 0.5) is 11.4 Å². The number of nitrogens with one attached hydrogen (secondary N) is 3. The van der Waals surface area contributed by atoms with Crippen molar-refractivity contribution in [2.75, 3.05) is 12.4 Å². The standard InChI is InChI=1S/C9H11N7O4S/c1-10-7-4-6(2-3-8(7)16(17)18)21(19,20)11-5-9-12-14-15-13-9/h2-4,10-11H,5H2,1H3,(H,12,13,14,15). The number of benzene rings is 1. The summed E-state index contributed by atoms with van der Waals surface area (Å²) in [6.07, 6.45) is 0. The Kier molecular flexibility index (Phi) is 4.09. The van der Waals surface area contributed by atoms with Crippen LogP contribution in [0.5, 0.6) is 0 Å². The highest BCUT2D eigenvalue weighted by Gasteiger charge is 2.20. The van der Waals surface area contributed by atoms with Crippen molar-refractivity contribution in [2.24, 2.45) is 0 Å². The number of rotatable bonds is 6. The Morgan fingerprint density at radius 3 is 2.76 bits per heavy atom. The van der Waals surface area contributed by atoms with Gasteiger partial charge in [-0.2, -0.15) is 5.21 Å². The van der Waals surface area contributed by atoms with Crippen molar-refractivity contribution in [1.29, 1.82) is 0 Å². The summed E-state index contributed by atoms with van der Waals surface area (Å²) >= 11 is 0. The molecular formula is C9H11N7O4S. The van der Waals surface area contributed by atoms with Crippen LogP contribution in [0.3, 0.4) is 0 Å². The lowest BCUT2D eigenvalue weighted by Crippen LogP contribution is -2.24. The first-order valence-corrected chi connectivity index (χ1v) is 7.10. The molecule has 0 fully saturated rings. The number of anilines is 1. The van der Waals surface area contributed by atoms with Gasteiger partial charge in [-0.05, 0) is 12.1 Å². The van der Waals surface area contributed by atoms with Crippen molar-refractivity contribution in [1.82, 2.24) is 25.3 Å². The van der Waals surface area contributed by atoms with E-state index in [1.54, 1.807) is 0 Å². The number of aromatic nitrogens is 4. The largest absolute Gasteiger partial charge is 0.383 e. The number of nitrogens with zero attached hydrogens (tertiary/aromatic N) is 4. The minimum absolute atomic E-state index is 0.0995. The van der Waals surface area contributed by atoms with Crippen molar-refractivity contribution in [2.45, 2.75) is 11.4 Å². The summed E-state index contributed by atoms with van der Waals surface area (Å²) in [5.74, 6) is 0.175. The van der Waals surface area contributed by atoms with E-state index in [-0.39, 0.29) is 28.6 Å². The first kappa shape index (κ1) is 14.8. The molecule has 12 heteroatoms. The van der Waals surface area contributed by atoms with Crippen LogP contribution < -0.4 is 10.0 Å². The van der Waals surface area contributed by atoms with Crippen LogP contribution in [-0.2, 0) is 16.6 Å². The van der Waals surface area contributed by atoms with E-state index in [1.165, 1.54) is 13.1 Å². The maximum atomic E-state index is 12.1. The van der Waals surface area contributed by atoms with Gasteiger partial charge in [0.05, 0.1) is 16.4 Å². The Balaban J connectivity index is 2.25. The molecule has 0 radical (unpaired) electrons. The summed E-state index contributed by atoms with van der Waals surface area (Å²) < 4.78 is 26.4. The third-order valence-electron chi connectivity index (χ3n) is 2.55. The summed E-state index contributed by atoms with van der Waals surface area (Å²) in [6.45, 7) is -0.148. The minimum atomic E-state index is -3.85. The van der Waals surface area contributed by atoms with Crippen molar-refractivity contribution in [3.63, 3.8) is 0 Å². The molecule has 0 bridgehead atoms. The number of tetrazole rings is 1. The molecule has 0 spiro atoms. The zero-order valence-corrected chi connectivity index (χ0v) is 11.6. The number of sulfonamides is 1. The number of H-pyrrole nitrogens is 1. The maximum Gasteiger partial charge on any atom is 0.292 e. The van der Waals surface area contributed by atoms with Crippen LogP contribution in [0.25, 0.3) is 0 Å². The van der Waals surface area contributed by atoms with Gasteiger partial charge in [0, 0.05) is 13.1 Å². The van der Waals surface area contributed by atoms with Gasteiger partial charge in [-0.3, -0.25) is 10.1 Å². The minimum Gasteiger partial charge on any atom is -0.383 e. The molecule has 0 aliphatic carbocycles. The fraction of sp³-hybridized carbons (Fsp3) is 0.222.